The van der Waals surface area contributed by atoms with Crippen LogP contribution in [0.4, 0.5) is 11.4 Å². The largest absolute Gasteiger partial charge is 0.284 e. The van der Waals surface area contributed by atoms with Crippen molar-refractivity contribution in [2.45, 2.75) is 92.9 Å². The van der Waals surface area contributed by atoms with Crippen molar-refractivity contribution in [3.63, 3.8) is 0 Å². The minimum Gasteiger partial charge on any atom is -0.284 e. The standard InChI is InChI=1S/C28H43NO/c1-25(2,3)19-27(7,8)21-11-15-23(16-12-21)29(30)24-17-13-22(14-18-24)28(9,10)20-26(4,5)6/h11-18,30H,19-20H2,1-10H3. The lowest BCUT2D eigenvalue weighted by atomic mass is 9.72. The van der Waals surface area contributed by atoms with Crippen molar-refractivity contribution in [1.82, 2.24) is 0 Å². The summed E-state index contributed by atoms with van der Waals surface area (Å²) < 4.78 is 0. The van der Waals surface area contributed by atoms with Crippen LogP contribution < -0.4 is 5.06 Å². The van der Waals surface area contributed by atoms with Crippen LogP contribution in [0, 0.1) is 10.8 Å². The van der Waals surface area contributed by atoms with E-state index in [-0.39, 0.29) is 21.7 Å². The molecule has 0 fully saturated rings. The second kappa shape index (κ2) is 8.38. The van der Waals surface area contributed by atoms with E-state index in [9.17, 15) is 5.21 Å². The molecule has 2 aromatic rings. The maximum absolute atomic E-state index is 10.8. The molecule has 2 rings (SSSR count). The Bertz CT molecular complexity index is 743. The fraction of sp³-hybridized carbons (Fsp3) is 0.571. The molecule has 0 spiro atoms. The number of hydrogen-bond donors (Lipinski definition) is 1. The number of rotatable bonds is 6. The highest BCUT2D eigenvalue weighted by atomic mass is 16.5. The first-order valence-electron chi connectivity index (χ1n) is 11.2. The maximum atomic E-state index is 10.8. The van der Waals surface area contributed by atoms with Gasteiger partial charge in [-0.3, -0.25) is 5.21 Å². The monoisotopic (exact) mass is 409 g/mol. The SMILES string of the molecule is CC(C)(C)CC(C)(C)c1ccc(N(O)c2ccc(C(C)(C)CC(C)(C)C)cc2)cc1. The maximum Gasteiger partial charge on any atom is 0.0693 e. The van der Waals surface area contributed by atoms with Crippen LogP contribution >= 0.6 is 0 Å². The lowest BCUT2D eigenvalue weighted by Gasteiger charge is -2.33. The fourth-order valence-electron chi connectivity index (χ4n) is 5.11. The quantitative estimate of drug-likeness (QED) is 0.482. The molecule has 0 unspecified atom stereocenters. The zero-order valence-corrected chi connectivity index (χ0v) is 20.9. The van der Waals surface area contributed by atoms with Gasteiger partial charge in [0.05, 0.1) is 11.4 Å². The van der Waals surface area contributed by atoms with Gasteiger partial charge in [-0.2, -0.15) is 0 Å². The molecule has 2 heteroatoms. The molecule has 30 heavy (non-hydrogen) atoms. The third-order valence-corrected chi connectivity index (χ3v) is 5.73. The molecule has 0 aromatic heterocycles. The highest BCUT2D eigenvalue weighted by Gasteiger charge is 2.28. The van der Waals surface area contributed by atoms with E-state index in [1.807, 2.05) is 24.3 Å². The summed E-state index contributed by atoms with van der Waals surface area (Å²) in [5.74, 6) is 0. The minimum absolute atomic E-state index is 0.0946. The summed E-state index contributed by atoms with van der Waals surface area (Å²) in [6.45, 7) is 22.9. The molecule has 0 saturated heterocycles. The van der Waals surface area contributed by atoms with Crippen molar-refractivity contribution in [2.24, 2.45) is 10.8 Å². The first-order valence-corrected chi connectivity index (χ1v) is 11.2. The van der Waals surface area contributed by atoms with Crippen LogP contribution in [-0.2, 0) is 10.8 Å². The van der Waals surface area contributed by atoms with Crippen molar-refractivity contribution in [2.75, 3.05) is 5.06 Å². The van der Waals surface area contributed by atoms with Crippen molar-refractivity contribution in [1.29, 1.82) is 0 Å². The molecule has 0 aliphatic carbocycles. The Labute approximate surface area is 185 Å². The van der Waals surface area contributed by atoms with Gasteiger partial charge in [0.1, 0.15) is 0 Å². The second-order valence-electron chi connectivity index (χ2n) is 12.6. The van der Waals surface area contributed by atoms with Gasteiger partial charge in [-0.1, -0.05) is 93.5 Å². The van der Waals surface area contributed by atoms with E-state index in [0.717, 1.165) is 24.2 Å². The van der Waals surface area contributed by atoms with Gasteiger partial charge in [0.25, 0.3) is 0 Å². The predicted molar refractivity (Wildman–Crippen MR) is 131 cm³/mol. The molecule has 166 valence electrons. The molecule has 0 amide bonds. The summed E-state index contributed by atoms with van der Waals surface area (Å²) in [6.07, 6.45) is 2.21. The molecule has 0 aliphatic heterocycles. The summed E-state index contributed by atoms with van der Waals surface area (Å²) in [4.78, 5) is 0. The van der Waals surface area contributed by atoms with Gasteiger partial charge in [0, 0.05) is 0 Å². The van der Waals surface area contributed by atoms with Gasteiger partial charge >= 0.3 is 0 Å². The lowest BCUT2D eigenvalue weighted by molar-refractivity contribution is 0.283. The van der Waals surface area contributed by atoms with Crippen molar-refractivity contribution >= 4 is 11.4 Å². The third kappa shape index (κ3) is 6.60. The molecule has 0 aliphatic rings. The Balaban J connectivity index is 2.18. The average molecular weight is 410 g/mol. The minimum atomic E-state index is 0.0946. The van der Waals surface area contributed by atoms with Crippen LogP contribution in [0.5, 0.6) is 0 Å². The first kappa shape index (κ1) is 24.5. The Hall–Kier alpha value is -1.80. The van der Waals surface area contributed by atoms with Crippen LogP contribution in [0.3, 0.4) is 0 Å². The molecule has 0 bridgehead atoms. The van der Waals surface area contributed by atoms with Crippen LogP contribution in [-0.4, -0.2) is 5.21 Å². The van der Waals surface area contributed by atoms with Crippen molar-refractivity contribution in [3.05, 3.63) is 59.7 Å². The molecule has 0 radical (unpaired) electrons. The van der Waals surface area contributed by atoms with Crippen molar-refractivity contribution < 1.29 is 5.21 Å². The van der Waals surface area contributed by atoms with Gasteiger partial charge in [0.15, 0.2) is 0 Å². The molecular weight excluding hydrogens is 366 g/mol. The summed E-state index contributed by atoms with van der Waals surface area (Å²) >= 11 is 0. The van der Waals surface area contributed by atoms with Crippen LogP contribution in [0.25, 0.3) is 0 Å². The normalized spacial score (nSPS) is 13.4. The van der Waals surface area contributed by atoms with Gasteiger partial charge < -0.3 is 0 Å². The van der Waals surface area contributed by atoms with Gasteiger partial charge in [-0.25, -0.2) is 5.06 Å². The summed E-state index contributed by atoms with van der Waals surface area (Å²) in [5.41, 5.74) is 4.90. The first-order chi connectivity index (χ1) is 13.5. The van der Waals surface area contributed by atoms with E-state index in [4.69, 9.17) is 0 Å². The van der Waals surface area contributed by atoms with Gasteiger partial charge in [-0.05, 0) is 69.9 Å². The van der Waals surface area contributed by atoms with Crippen molar-refractivity contribution in [3.8, 4) is 0 Å². The summed E-state index contributed by atoms with van der Waals surface area (Å²) in [5, 5.41) is 12.1. The highest BCUT2D eigenvalue weighted by Crippen LogP contribution is 2.38. The topological polar surface area (TPSA) is 23.5 Å². The van der Waals surface area contributed by atoms with Crippen LogP contribution in [0.2, 0.25) is 0 Å². The average Bonchev–Trinajstić information content (AvgIpc) is 2.57. The molecule has 1 N–H and O–H groups in total. The molecule has 2 aromatic carbocycles. The lowest BCUT2D eigenvalue weighted by Crippen LogP contribution is -2.25. The molecule has 0 atom stereocenters. The van der Waals surface area contributed by atoms with E-state index in [2.05, 4.69) is 93.5 Å². The Morgan fingerprint density at radius 1 is 0.533 bits per heavy atom. The number of anilines is 2. The Morgan fingerprint density at radius 3 is 1.03 bits per heavy atom. The van der Waals surface area contributed by atoms with E-state index >= 15 is 0 Å². The predicted octanol–water partition coefficient (Wildman–Crippen LogP) is 8.64. The van der Waals surface area contributed by atoms with Gasteiger partial charge in [-0.15, -0.1) is 0 Å². The van der Waals surface area contributed by atoms with E-state index in [1.165, 1.54) is 16.2 Å². The highest BCUT2D eigenvalue weighted by molar-refractivity contribution is 5.61. The number of benzene rings is 2. The zero-order valence-electron chi connectivity index (χ0n) is 20.9. The molecule has 0 saturated carbocycles. The molecular formula is C28H43NO. The molecule has 0 heterocycles. The summed E-state index contributed by atoms with van der Waals surface area (Å²) in [6, 6.07) is 16.6. The number of hydrogen-bond acceptors (Lipinski definition) is 2. The van der Waals surface area contributed by atoms with Gasteiger partial charge in [0.2, 0.25) is 0 Å². The summed E-state index contributed by atoms with van der Waals surface area (Å²) in [7, 11) is 0. The second-order valence-corrected chi connectivity index (χ2v) is 12.6. The molecule has 2 nitrogen and oxygen atoms in total. The Morgan fingerprint density at radius 2 is 0.800 bits per heavy atom. The van der Waals surface area contributed by atoms with E-state index in [0.29, 0.717) is 0 Å². The Kier molecular flexibility index (Phi) is 6.84. The number of nitrogens with zero attached hydrogens (tertiary/aromatic N) is 1. The van der Waals surface area contributed by atoms with Crippen LogP contribution in [0.15, 0.2) is 48.5 Å². The zero-order chi connectivity index (χ0) is 23.0. The fourth-order valence-corrected chi connectivity index (χ4v) is 5.11. The smallest absolute Gasteiger partial charge is 0.0693 e. The van der Waals surface area contributed by atoms with Crippen LogP contribution in [0.1, 0.15) is 93.2 Å². The third-order valence-electron chi connectivity index (χ3n) is 5.73. The van der Waals surface area contributed by atoms with E-state index < -0.39 is 0 Å². The van der Waals surface area contributed by atoms with E-state index in [1.54, 1.807) is 0 Å².